The quantitative estimate of drug-likeness (QED) is 0.798. The number of amides is 2. The molecule has 1 aliphatic rings. The van der Waals surface area contributed by atoms with Crippen molar-refractivity contribution in [3.05, 3.63) is 28.8 Å². The first-order chi connectivity index (χ1) is 9.54. The van der Waals surface area contributed by atoms with E-state index in [1.807, 2.05) is 19.1 Å². The Morgan fingerprint density at radius 3 is 2.70 bits per heavy atom. The molecule has 0 atom stereocenters. The summed E-state index contributed by atoms with van der Waals surface area (Å²) in [7, 11) is 0. The largest absolute Gasteiger partial charge is 0.396 e. The molecular weight excluding hydrogens is 276 g/mol. The van der Waals surface area contributed by atoms with Gasteiger partial charge in [0.15, 0.2) is 0 Å². The van der Waals surface area contributed by atoms with E-state index in [1.54, 1.807) is 6.07 Å². The lowest BCUT2D eigenvalue weighted by atomic mass is 9.87. The van der Waals surface area contributed by atoms with Crippen molar-refractivity contribution >= 4 is 23.3 Å². The van der Waals surface area contributed by atoms with E-state index in [0.717, 1.165) is 31.2 Å². The number of benzene rings is 1. The van der Waals surface area contributed by atoms with E-state index in [-0.39, 0.29) is 18.1 Å². The van der Waals surface area contributed by atoms with Gasteiger partial charge in [-0.05, 0) is 37.5 Å². The van der Waals surface area contributed by atoms with Gasteiger partial charge in [-0.25, -0.2) is 4.79 Å². The molecular formula is C15H21ClN2O2. The zero-order valence-corrected chi connectivity index (χ0v) is 12.5. The van der Waals surface area contributed by atoms with Crippen molar-refractivity contribution in [1.82, 2.24) is 5.32 Å². The van der Waals surface area contributed by atoms with Crippen molar-refractivity contribution in [2.24, 2.45) is 5.41 Å². The number of rotatable bonds is 4. The molecule has 0 heterocycles. The summed E-state index contributed by atoms with van der Waals surface area (Å²) in [5.74, 6) is 0. The lowest BCUT2D eigenvalue weighted by Crippen LogP contribution is -2.40. The number of anilines is 1. The van der Waals surface area contributed by atoms with Gasteiger partial charge in [-0.2, -0.15) is 0 Å². The number of aryl methyl sites for hydroxylation is 1. The molecule has 110 valence electrons. The first-order valence-electron chi connectivity index (χ1n) is 6.97. The van der Waals surface area contributed by atoms with Crippen LogP contribution in [0.1, 0.15) is 31.2 Å². The second kappa shape index (κ2) is 6.46. The van der Waals surface area contributed by atoms with E-state index < -0.39 is 0 Å². The predicted octanol–water partition coefficient (Wildman–Crippen LogP) is 3.32. The number of aliphatic hydroxyl groups excluding tert-OH is 1. The second-order valence-corrected chi connectivity index (χ2v) is 6.04. The summed E-state index contributed by atoms with van der Waals surface area (Å²) >= 11 is 6.02. The number of carbonyl (C=O) groups is 1. The van der Waals surface area contributed by atoms with E-state index >= 15 is 0 Å². The number of hydrogen-bond donors (Lipinski definition) is 3. The van der Waals surface area contributed by atoms with Gasteiger partial charge in [0.05, 0.1) is 6.61 Å². The van der Waals surface area contributed by atoms with Crippen molar-refractivity contribution in [3.63, 3.8) is 0 Å². The third kappa shape index (κ3) is 3.64. The fourth-order valence-corrected chi connectivity index (χ4v) is 2.81. The Hall–Kier alpha value is -1.26. The highest BCUT2D eigenvalue weighted by atomic mass is 35.5. The molecule has 4 nitrogen and oxygen atoms in total. The Morgan fingerprint density at radius 1 is 1.40 bits per heavy atom. The zero-order chi connectivity index (χ0) is 14.6. The van der Waals surface area contributed by atoms with Crippen LogP contribution < -0.4 is 10.6 Å². The second-order valence-electron chi connectivity index (χ2n) is 5.64. The van der Waals surface area contributed by atoms with Crippen LogP contribution in [0.3, 0.4) is 0 Å². The summed E-state index contributed by atoms with van der Waals surface area (Å²) in [6.45, 7) is 2.55. The molecule has 0 spiro atoms. The van der Waals surface area contributed by atoms with Crippen LogP contribution in [0.4, 0.5) is 10.5 Å². The lowest BCUT2D eigenvalue weighted by molar-refractivity contribution is 0.130. The van der Waals surface area contributed by atoms with Crippen LogP contribution in [-0.2, 0) is 0 Å². The fraction of sp³-hybridized carbons (Fsp3) is 0.533. The topological polar surface area (TPSA) is 61.4 Å². The van der Waals surface area contributed by atoms with Crippen LogP contribution in [0, 0.1) is 12.3 Å². The minimum absolute atomic E-state index is 0.129. The number of halogens is 1. The molecule has 1 aromatic carbocycles. The summed E-state index contributed by atoms with van der Waals surface area (Å²) in [5.41, 5.74) is 1.51. The fourth-order valence-electron chi connectivity index (χ4n) is 2.63. The molecule has 0 bridgehead atoms. The van der Waals surface area contributed by atoms with Gasteiger partial charge in [0.1, 0.15) is 0 Å². The normalized spacial score (nSPS) is 16.9. The van der Waals surface area contributed by atoms with Gasteiger partial charge in [-0.3, -0.25) is 0 Å². The molecule has 2 rings (SSSR count). The standard InChI is InChI=1S/C15H21ClN2O2/c1-11-4-5-12(8-13(11)16)18-14(20)17-9-15(10-19)6-2-3-7-15/h4-5,8,19H,2-3,6-7,9-10H2,1H3,(H2,17,18,20). The summed E-state index contributed by atoms with van der Waals surface area (Å²) < 4.78 is 0. The molecule has 0 unspecified atom stereocenters. The van der Waals surface area contributed by atoms with Crippen LogP contribution in [0.5, 0.6) is 0 Å². The number of aliphatic hydroxyl groups is 1. The van der Waals surface area contributed by atoms with Crippen molar-refractivity contribution in [1.29, 1.82) is 0 Å². The van der Waals surface area contributed by atoms with E-state index in [1.165, 1.54) is 0 Å². The molecule has 1 saturated carbocycles. The van der Waals surface area contributed by atoms with Crippen LogP contribution in [0.2, 0.25) is 5.02 Å². The third-order valence-electron chi connectivity index (χ3n) is 4.05. The average Bonchev–Trinajstić information content (AvgIpc) is 2.90. The molecule has 0 saturated heterocycles. The van der Waals surface area contributed by atoms with Gasteiger partial charge in [0.25, 0.3) is 0 Å². The molecule has 0 radical (unpaired) electrons. The minimum atomic E-state index is -0.260. The van der Waals surface area contributed by atoms with E-state index in [0.29, 0.717) is 17.3 Å². The van der Waals surface area contributed by atoms with E-state index in [2.05, 4.69) is 10.6 Å². The summed E-state index contributed by atoms with van der Waals surface area (Å²) in [6.07, 6.45) is 4.19. The predicted molar refractivity (Wildman–Crippen MR) is 81.2 cm³/mol. The first-order valence-corrected chi connectivity index (χ1v) is 7.34. The van der Waals surface area contributed by atoms with Gasteiger partial charge in [0.2, 0.25) is 0 Å². The lowest BCUT2D eigenvalue weighted by Gasteiger charge is -2.26. The molecule has 1 aromatic rings. The van der Waals surface area contributed by atoms with Crippen molar-refractivity contribution in [2.45, 2.75) is 32.6 Å². The van der Waals surface area contributed by atoms with Crippen LogP contribution in [0.15, 0.2) is 18.2 Å². The number of urea groups is 1. The van der Waals surface area contributed by atoms with Crippen LogP contribution >= 0.6 is 11.6 Å². The van der Waals surface area contributed by atoms with Gasteiger partial charge >= 0.3 is 6.03 Å². The summed E-state index contributed by atoms with van der Waals surface area (Å²) in [5, 5.41) is 15.7. The van der Waals surface area contributed by atoms with Crippen molar-refractivity contribution < 1.29 is 9.90 Å². The maximum absolute atomic E-state index is 11.9. The highest BCUT2D eigenvalue weighted by molar-refractivity contribution is 6.31. The zero-order valence-electron chi connectivity index (χ0n) is 11.7. The molecule has 20 heavy (non-hydrogen) atoms. The van der Waals surface area contributed by atoms with Gasteiger partial charge < -0.3 is 15.7 Å². The SMILES string of the molecule is Cc1ccc(NC(=O)NCC2(CO)CCCC2)cc1Cl. The number of carbonyl (C=O) groups excluding carboxylic acids is 1. The van der Waals surface area contributed by atoms with Crippen molar-refractivity contribution in [3.8, 4) is 0 Å². The molecule has 3 N–H and O–H groups in total. The Kier molecular flexibility index (Phi) is 4.89. The maximum Gasteiger partial charge on any atom is 0.319 e. The van der Waals surface area contributed by atoms with Gasteiger partial charge in [0, 0.05) is 22.7 Å². The summed E-state index contributed by atoms with van der Waals surface area (Å²) in [4.78, 5) is 11.9. The van der Waals surface area contributed by atoms with Crippen LogP contribution in [-0.4, -0.2) is 24.3 Å². The number of nitrogens with one attached hydrogen (secondary N) is 2. The van der Waals surface area contributed by atoms with Gasteiger partial charge in [-0.1, -0.05) is 30.5 Å². The maximum atomic E-state index is 11.9. The van der Waals surface area contributed by atoms with E-state index in [4.69, 9.17) is 11.6 Å². The molecule has 1 fully saturated rings. The highest BCUT2D eigenvalue weighted by Crippen LogP contribution is 2.36. The van der Waals surface area contributed by atoms with Crippen LogP contribution in [0.25, 0.3) is 0 Å². The third-order valence-corrected chi connectivity index (χ3v) is 4.46. The number of hydrogen-bond acceptors (Lipinski definition) is 2. The Balaban J connectivity index is 1.87. The Morgan fingerprint density at radius 2 is 2.10 bits per heavy atom. The van der Waals surface area contributed by atoms with Crippen molar-refractivity contribution in [2.75, 3.05) is 18.5 Å². The molecule has 1 aliphatic carbocycles. The first kappa shape index (κ1) is 15.1. The smallest absolute Gasteiger partial charge is 0.319 e. The monoisotopic (exact) mass is 296 g/mol. The molecule has 5 heteroatoms. The van der Waals surface area contributed by atoms with Gasteiger partial charge in [-0.15, -0.1) is 0 Å². The Bertz CT molecular complexity index is 485. The highest BCUT2D eigenvalue weighted by Gasteiger charge is 2.33. The average molecular weight is 297 g/mol. The Labute approximate surface area is 124 Å². The molecule has 0 aliphatic heterocycles. The minimum Gasteiger partial charge on any atom is -0.396 e. The summed E-state index contributed by atoms with van der Waals surface area (Å²) in [6, 6.07) is 5.15. The molecule has 2 amide bonds. The van der Waals surface area contributed by atoms with E-state index in [9.17, 15) is 9.90 Å². The molecule has 0 aromatic heterocycles.